The van der Waals surface area contributed by atoms with Crippen LogP contribution < -0.4 is 10.9 Å². The molecule has 7 heteroatoms. The molecule has 0 aliphatic rings. The molecule has 0 saturated heterocycles. The number of aryl methyl sites for hydroxylation is 1. The van der Waals surface area contributed by atoms with Gasteiger partial charge in [-0.3, -0.25) is 14.2 Å². The highest BCUT2D eigenvalue weighted by molar-refractivity contribution is 6.31. The van der Waals surface area contributed by atoms with Crippen molar-refractivity contribution in [1.29, 1.82) is 0 Å². The minimum absolute atomic E-state index is 0.00895. The molecule has 2 aromatic heterocycles. The first-order valence-corrected chi connectivity index (χ1v) is 11.0. The van der Waals surface area contributed by atoms with Crippen molar-refractivity contribution < 1.29 is 4.79 Å². The molecule has 0 unspecified atom stereocenters. The molecule has 5 aromatic rings. The van der Waals surface area contributed by atoms with Crippen molar-refractivity contribution in [1.82, 2.24) is 14.1 Å². The molecule has 0 bridgehead atoms. The fourth-order valence-corrected chi connectivity index (χ4v) is 4.26. The maximum Gasteiger partial charge on any atom is 0.278 e. The van der Waals surface area contributed by atoms with Crippen LogP contribution in [0.5, 0.6) is 0 Å². The number of halogens is 1. The lowest BCUT2D eigenvalue weighted by atomic mass is 10.1. The quantitative estimate of drug-likeness (QED) is 0.404. The number of aromatic nitrogens is 3. The average molecular weight is 457 g/mol. The summed E-state index contributed by atoms with van der Waals surface area (Å²) in [6, 6.07) is 22.5. The number of benzene rings is 3. The predicted molar refractivity (Wildman–Crippen MR) is 132 cm³/mol. The Balaban J connectivity index is 1.63. The lowest BCUT2D eigenvalue weighted by molar-refractivity contribution is -0.116. The summed E-state index contributed by atoms with van der Waals surface area (Å²) in [5.41, 5.74) is 4.13. The number of carbonyl (C=O) groups excluding carboxylic acids is 1. The molecular formula is C26H21ClN4O2. The van der Waals surface area contributed by atoms with E-state index in [9.17, 15) is 9.59 Å². The van der Waals surface area contributed by atoms with Crippen LogP contribution >= 0.6 is 11.6 Å². The molecule has 0 saturated carbocycles. The average Bonchev–Trinajstić information content (AvgIpc) is 3.11. The maximum atomic E-state index is 13.6. The summed E-state index contributed by atoms with van der Waals surface area (Å²) in [6.07, 6.45) is 1.55. The number of para-hydroxylation sites is 1. The van der Waals surface area contributed by atoms with Gasteiger partial charge >= 0.3 is 0 Å². The Morgan fingerprint density at radius 1 is 1.03 bits per heavy atom. The summed E-state index contributed by atoms with van der Waals surface area (Å²) in [5, 5.41) is 4.33. The predicted octanol–water partition coefficient (Wildman–Crippen LogP) is 5.00. The van der Waals surface area contributed by atoms with Gasteiger partial charge < -0.3 is 9.88 Å². The van der Waals surface area contributed by atoms with Gasteiger partial charge in [0.15, 0.2) is 0 Å². The van der Waals surface area contributed by atoms with Gasteiger partial charge in [0.25, 0.3) is 5.56 Å². The molecule has 1 amide bonds. The lowest BCUT2D eigenvalue weighted by Gasteiger charge is -2.10. The zero-order valence-electron chi connectivity index (χ0n) is 18.0. The molecule has 0 atom stereocenters. The number of hydrogen-bond acceptors (Lipinski definition) is 3. The summed E-state index contributed by atoms with van der Waals surface area (Å²) in [4.78, 5) is 31.1. The first-order chi connectivity index (χ1) is 16.0. The van der Waals surface area contributed by atoms with Crippen LogP contribution in [0.25, 0.3) is 21.9 Å². The highest BCUT2D eigenvalue weighted by Gasteiger charge is 2.19. The van der Waals surface area contributed by atoms with E-state index in [2.05, 4.69) is 10.3 Å². The molecule has 0 fully saturated rings. The van der Waals surface area contributed by atoms with Gasteiger partial charge in [-0.05, 0) is 42.8 Å². The van der Waals surface area contributed by atoms with E-state index in [-0.39, 0.29) is 24.6 Å². The minimum atomic E-state index is -0.221. The molecule has 3 aromatic carbocycles. The molecule has 33 heavy (non-hydrogen) atoms. The summed E-state index contributed by atoms with van der Waals surface area (Å²) < 4.78 is 3.28. The smallest absolute Gasteiger partial charge is 0.278 e. The topological polar surface area (TPSA) is 68.9 Å². The van der Waals surface area contributed by atoms with Gasteiger partial charge in [0.1, 0.15) is 17.6 Å². The van der Waals surface area contributed by atoms with Crippen LogP contribution in [-0.4, -0.2) is 20.0 Å². The first kappa shape index (κ1) is 21.0. The van der Waals surface area contributed by atoms with Crippen molar-refractivity contribution in [2.75, 3.05) is 5.32 Å². The fraction of sp³-hybridized carbons (Fsp3) is 0.115. The molecule has 164 valence electrons. The zero-order chi connectivity index (χ0) is 22.9. The van der Waals surface area contributed by atoms with Crippen LogP contribution in [0.4, 0.5) is 5.69 Å². The molecule has 2 heterocycles. The number of nitrogens with one attached hydrogen (secondary N) is 1. The van der Waals surface area contributed by atoms with Crippen molar-refractivity contribution >= 4 is 45.1 Å². The summed E-state index contributed by atoms with van der Waals surface area (Å²) >= 11 is 6.31. The highest BCUT2D eigenvalue weighted by atomic mass is 35.5. The number of nitrogens with zero attached hydrogens (tertiary/aromatic N) is 3. The van der Waals surface area contributed by atoms with Gasteiger partial charge in [-0.2, -0.15) is 0 Å². The van der Waals surface area contributed by atoms with E-state index in [1.807, 2.05) is 73.7 Å². The second kappa shape index (κ2) is 8.56. The second-order valence-corrected chi connectivity index (χ2v) is 8.39. The number of rotatable bonds is 5. The second-order valence-electron chi connectivity index (χ2n) is 7.99. The third-order valence-corrected chi connectivity index (χ3v) is 6.01. The van der Waals surface area contributed by atoms with Crippen LogP contribution in [-0.2, 0) is 17.9 Å². The lowest BCUT2D eigenvalue weighted by Crippen LogP contribution is -2.25. The van der Waals surface area contributed by atoms with Crippen molar-refractivity contribution in [2.24, 2.45) is 0 Å². The summed E-state index contributed by atoms with van der Waals surface area (Å²) in [5.74, 6) is -0.221. The molecule has 5 rings (SSSR count). The van der Waals surface area contributed by atoms with Crippen molar-refractivity contribution in [3.05, 3.63) is 106 Å². The van der Waals surface area contributed by atoms with E-state index in [0.29, 0.717) is 21.7 Å². The van der Waals surface area contributed by atoms with Gasteiger partial charge in [0, 0.05) is 16.1 Å². The van der Waals surface area contributed by atoms with Crippen LogP contribution in [0.1, 0.15) is 11.1 Å². The van der Waals surface area contributed by atoms with Crippen molar-refractivity contribution in [2.45, 2.75) is 20.0 Å². The minimum Gasteiger partial charge on any atom is -0.325 e. The molecule has 0 radical (unpaired) electrons. The van der Waals surface area contributed by atoms with Gasteiger partial charge in [0.05, 0.1) is 18.4 Å². The Morgan fingerprint density at radius 2 is 1.79 bits per heavy atom. The van der Waals surface area contributed by atoms with E-state index in [1.165, 1.54) is 4.57 Å². The highest BCUT2D eigenvalue weighted by Crippen LogP contribution is 2.27. The number of carbonyl (C=O) groups is 1. The largest absolute Gasteiger partial charge is 0.325 e. The van der Waals surface area contributed by atoms with E-state index in [0.717, 1.165) is 22.0 Å². The SMILES string of the molecule is Cc1ccc2c(c1)c1ncn(Cc3ccccc3Cl)c(=O)c1n2CC(=O)Nc1ccccc1. The Bertz CT molecular complexity index is 1550. The van der Waals surface area contributed by atoms with Crippen molar-refractivity contribution in [3.63, 3.8) is 0 Å². The maximum absolute atomic E-state index is 13.6. The van der Waals surface area contributed by atoms with Crippen LogP contribution in [0.15, 0.2) is 83.9 Å². The first-order valence-electron chi connectivity index (χ1n) is 10.6. The normalized spacial score (nSPS) is 11.2. The molecule has 0 spiro atoms. The summed E-state index contributed by atoms with van der Waals surface area (Å²) in [6.45, 7) is 2.27. The Labute approximate surface area is 195 Å². The van der Waals surface area contributed by atoms with Gasteiger partial charge in [0.2, 0.25) is 5.91 Å². The fourth-order valence-electron chi connectivity index (χ4n) is 4.07. The third kappa shape index (κ3) is 4.01. The van der Waals surface area contributed by atoms with Gasteiger partial charge in [-0.25, -0.2) is 4.98 Å². The number of fused-ring (bicyclic) bond motifs is 3. The number of amides is 1. The molecular weight excluding hydrogens is 436 g/mol. The molecule has 1 N–H and O–H groups in total. The van der Waals surface area contributed by atoms with Crippen LogP contribution in [0.3, 0.4) is 0 Å². The van der Waals surface area contributed by atoms with Crippen molar-refractivity contribution in [3.8, 4) is 0 Å². The monoisotopic (exact) mass is 456 g/mol. The Morgan fingerprint density at radius 3 is 2.58 bits per heavy atom. The zero-order valence-corrected chi connectivity index (χ0v) is 18.7. The third-order valence-electron chi connectivity index (χ3n) is 5.64. The Hall–Kier alpha value is -3.90. The number of anilines is 1. The molecule has 0 aliphatic carbocycles. The van der Waals surface area contributed by atoms with E-state index in [4.69, 9.17) is 11.6 Å². The van der Waals surface area contributed by atoms with Gasteiger partial charge in [-0.1, -0.05) is 59.6 Å². The number of hydrogen-bond donors (Lipinski definition) is 1. The van der Waals surface area contributed by atoms with Crippen LogP contribution in [0.2, 0.25) is 5.02 Å². The van der Waals surface area contributed by atoms with Crippen LogP contribution in [0, 0.1) is 6.92 Å². The van der Waals surface area contributed by atoms with E-state index < -0.39 is 0 Å². The molecule has 0 aliphatic heterocycles. The van der Waals surface area contributed by atoms with E-state index >= 15 is 0 Å². The van der Waals surface area contributed by atoms with E-state index in [1.54, 1.807) is 17.0 Å². The summed E-state index contributed by atoms with van der Waals surface area (Å²) in [7, 11) is 0. The standard InChI is InChI=1S/C26H21ClN4O2/c1-17-11-12-22-20(13-17)24-25(31(22)15-23(32)29-19-8-3-2-4-9-19)26(33)30(16-28-24)14-18-7-5-6-10-21(18)27/h2-13,16H,14-15H2,1H3,(H,29,32). The van der Waals surface area contributed by atoms with Gasteiger partial charge in [-0.15, -0.1) is 0 Å². The molecule has 6 nitrogen and oxygen atoms in total. The Kier molecular flexibility index (Phi) is 5.44.